The van der Waals surface area contributed by atoms with E-state index in [2.05, 4.69) is 10.3 Å². The fourth-order valence-electron chi connectivity index (χ4n) is 2.73. The number of aromatic nitrogens is 1. The average molecular weight is 306 g/mol. The third-order valence-corrected chi connectivity index (χ3v) is 3.78. The third kappa shape index (κ3) is 3.48. The molecule has 0 spiro atoms. The topological polar surface area (TPSA) is 62.0 Å². The lowest BCUT2D eigenvalue weighted by atomic mass is 10.1. The molecule has 23 heavy (non-hydrogen) atoms. The molecule has 1 heterocycles. The molecule has 2 N–H and O–H groups in total. The fourth-order valence-corrected chi connectivity index (χ4v) is 2.73. The number of hydrogen-bond donors (Lipinski definition) is 2. The van der Waals surface area contributed by atoms with E-state index >= 15 is 0 Å². The third-order valence-electron chi connectivity index (χ3n) is 3.78. The van der Waals surface area contributed by atoms with Crippen LogP contribution >= 0.6 is 0 Å². The van der Waals surface area contributed by atoms with E-state index in [4.69, 9.17) is 0 Å². The summed E-state index contributed by atoms with van der Waals surface area (Å²) in [5.41, 5.74) is 4.29. The van der Waals surface area contributed by atoms with Crippen LogP contribution in [0.3, 0.4) is 0 Å². The van der Waals surface area contributed by atoms with Crippen molar-refractivity contribution in [2.24, 2.45) is 0 Å². The number of carbonyl (C=O) groups is 1. The number of hydrogen-bond acceptors (Lipinski definition) is 2. The van der Waals surface area contributed by atoms with Gasteiger partial charge in [-0.3, -0.25) is 9.59 Å². The number of amides is 1. The highest BCUT2D eigenvalue weighted by Gasteiger charge is 2.06. The first-order valence-electron chi connectivity index (χ1n) is 7.50. The molecular weight excluding hydrogens is 288 g/mol. The first-order chi connectivity index (χ1) is 11.0. The van der Waals surface area contributed by atoms with Gasteiger partial charge in [-0.05, 0) is 37.1 Å². The maximum atomic E-state index is 12.2. The Morgan fingerprint density at radius 1 is 1.09 bits per heavy atom. The Hall–Kier alpha value is -2.88. The molecule has 0 aliphatic heterocycles. The molecule has 3 rings (SSSR count). The number of fused-ring (bicyclic) bond motifs is 1. The van der Waals surface area contributed by atoms with Crippen molar-refractivity contribution in [1.82, 2.24) is 4.98 Å². The van der Waals surface area contributed by atoms with Crippen LogP contribution in [0.2, 0.25) is 0 Å². The van der Waals surface area contributed by atoms with E-state index in [9.17, 15) is 9.59 Å². The molecule has 0 aliphatic carbocycles. The molecule has 0 aliphatic rings. The first-order valence-corrected chi connectivity index (χ1v) is 7.50. The van der Waals surface area contributed by atoms with Crippen LogP contribution in [-0.2, 0) is 11.2 Å². The predicted octanol–water partition coefficient (Wildman–Crippen LogP) is 3.33. The number of anilines is 1. The average Bonchev–Trinajstić information content (AvgIpc) is 2.46. The van der Waals surface area contributed by atoms with Gasteiger partial charge in [0.25, 0.3) is 0 Å². The van der Waals surface area contributed by atoms with E-state index in [1.165, 1.54) is 0 Å². The lowest BCUT2D eigenvalue weighted by Gasteiger charge is -2.08. The molecule has 3 aromatic rings. The van der Waals surface area contributed by atoms with Crippen molar-refractivity contribution in [3.8, 4) is 0 Å². The lowest BCUT2D eigenvalue weighted by molar-refractivity contribution is -0.115. The quantitative estimate of drug-likeness (QED) is 0.779. The van der Waals surface area contributed by atoms with Crippen molar-refractivity contribution >= 4 is 22.5 Å². The standard InChI is InChI=1S/C19H18N2O2/c1-12-4-3-5-14(8-12)10-19(23)20-15-6-7-16-13(2)9-18(22)21-17(16)11-15/h3-9,11H,10H2,1-2H3,(H,20,23)(H,21,22). The highest BCUT2D eigenvalue weighted by Crippen LogP contribution is 2.19. The first kappa shape index (κ1) is 15.0. The number of carbonyl (C=O) groups excluding carboxylic acids is 1. The second-order valence-corrected chi connectivity index (χ2v) is 5.79. The molecule has 0 saturated heterocycles. The minimum atomic E-state index is -0.141. The van der Waals surface area contributed by atoms with Crippen LogP contribution in [0.15, 0.2) is 53.3 Å². The van der Waals surface area contributed by atoms with Gasteiger partial charge in [0.15, 0.2) is 0 Å². The molecule has 1 aromatic heterocycles. The van der Waals surface area contributed by atoms with Crippen LogP contribution in [-0.4, -0.2) is 10.9 Å². The number of nitrogens with one attached hydrogen (secondary N) is 2. The summed E-state index contributed by atoms with van der Waals surface area (Å²) in [4.78, 5) is 26.5. The smallest absolute Gasteiger partial charge is 0.248 e. The van der Waals surface area contributed by atoms with E-state index in [1.54, 1.807) is 12.1 Å². The molecule has 0 unspecified atom stereocenters. The Balaban J connectivity index is 1.81. The van der Waals surface area contributed by atoms with Crippen LogP contribution in [0.1, 0.15) is 16.7 Å². The van der Waals surface area contributed by atoms with Crippen molar-refractivity contribution in [3.05, 3.63) is 75.6 Å². The van der Waals surface area contributed by atoms with E-state index in [-0.39, 0.29) is 11.5 Å². The Labute approximate surface area is 134 Å². The summed E-state index contributed by atoms with van der Waals surface area (Å²) in [6, 6.07) is 15.0. The Bertz CT molecular complexity index is 941. The van der Waals surface area contributed by atoms with Gasteiger partial charge in [-0.2, -0.15) is 0 Å². The molecule has 0 saturated carbocycles. The van der Waals surface area contributed by atoms with E-state index < -0.39 is 0 Å². The minimum absolute atomic E-state index is 0.0787. The molecule has 2 aromatic carbocycles. The Morgan fingerprint density at radius 2 is 1.91 bits per heavy atom. The fraction of sp³-hybridized carbons (Fsp3) is 0.158. The van der Waals surface area contributed by atoms with Gasteiger partial charge in [0.1, 0.15) is 0 Å². The maximum absolute atomic E-state index is 12.2. The zero-order chi connectivity index (χ0) is 16.4. The van der Waals surface area contributed by atoms with Crippen molar-refractivity contribution in [2.75, 3.05) is 5.32 Å². The van der Waals surface area contributed by atoms with E-state index in [0.29, 0.717) is 12.1 Å². The normalized spacial score (nSPS) is 10.7. The highest BCUT2D eigenvalue weighted by molar-refractivity contribution is 5.95. The molecule has 0 atom stereocenters. The number of aryl methyl sites for hydroxylation is 2. The van der Waals surface area contributed by atoms with Gasteiger partial charge in [0.2, 0.25) is 11.5 Å². The van der Waals surface area contributed by atoms with Crippen molar-refractivity contribution in [1.29, 1.82) is 0 Å². The van der Waals surface area contributed by atoms with Crippen LogP contribution in [0.4, 0.5) is 5.69 Å². The van der Waals surface area contributed by atoms with Crippen LogP contribution in [0.25, 0.3) is 10.9 Å². The second-order valence-electron chi connectivity index (χ2n) is 5.79. The second kappa shape index (κ2) is 6.08. The van der Waals surface area contributed by atoms with Crippen molar-refractivity contribution in [2.45, 2.75) is 20.3 Å². The lowest BCUT2D eigenvalue weighted by Crippen LogP contribution is -2.14. The minimum Gasteiger partial charge on any atom is -0.326 e. The molecule has 116 valence electrons. The largest absolute Gasteiger partial charge is 0.326 e. The summed E-state index contributed by atoms with van der Waals surface area (Å²) < 4.78 is 0. The molecule has 4 nitrogen and oxygen atoms in total. The zero-order valence-electron chi connectivity index (χ0n) is 13.1. The van der Waals surface area contributed by atoms with E-state index in [0.717, 1.165) is 27.6 Å². The highest BCUT2D eigenvalue weighted by atomic mass is 16.1. The molecule has 1 amide bonds. The van der Waals surface area contributed by atoms with Crippen molar-refractivity contribution in [3.63, 3.8) is 0 Å². The van der Waals surface area contributed by atoms with Gasteiger partial charge in [-0.1, -0.05) is 35.9 Å². The molecule has 4 heteroatoms. The van der Waals surface area contributed by atoms with Gasteiger partial charge in [0.05, 0.1) is 11.9 Å². The van der Waals surface area contributed by atoms with Gasteiger partial charge in [-0.25, -0.2) is 0 Å². The Morgan fingerprint density at radius 3 is 2.70 bits per heavy atom. The van der Waals surface area contributed by atoms with Crippen LogP contribution in [0, 0.1) is 13.8 Å². The zero-order valence-corrected chi connectivity index (χ0v) is 13.1. The summed E-state index contributed by atoms with van der Waals surface area (Å²) in [5.74, 6) is -0.0787. The van der Waals surface area contributed by atoms with Gasteiger partial charge in [-0.15, -0.1) is 0 Å². The molecule has 0 fully saturated rings. The Kier molecular flexibility index (Phi) is 3.98. The molecule has 0 radical (unpaired) electrons. The number of benzene rings is 2. The van der Waals surface area contributed by atoms with Gasteiger partial charge < -0.3 is 10.3 Å². The van der Waals surface area contributed by atoms with E-state index in [1.807, 2.05) is 50.2 Å². The predicted molar refractivity (Wildman–Crippen MR) is 92.8 cm³/mol. The summed E-state index contributed by atoms with van der Waals surface area (Å²) in [5, 5.41) is 3.85. The maximum Gasteiger partial charge on any atom is 0.248 e. The van der Waals surface area contributed by atoms with Crippen LogP contribution in [0.5, 0.6) is 0 Å². The van der Waals surface area contributed by atoms with Crippen molar-refractivity contribution < 1.29 is 4.79 Å². The van der Waals surface area contributed by atoms with Gasteiger partial charge in [0, 0.05) is 17.1 Å². The van der Waals surface area contributed by atoms with Crippen LogP contribution < -0.4 is 10.9 Å². The number of rotatable bonds is 3. The number of aromatic amines is 1. The summed E-state index contributed by atoms with van der Waals surface area (Å²) in [6.07, 6.45) is 0.323. The van der Waals surface area contributed by atoms with Gasteiger partial charge >= 0.3 is 0 Å². The molecular formula is C19H18N2O2. The monoisotopic (exact) mass is 306 g/mol. The number of pyridine rings is 1. The number of H-pyrrole nitrogens is 1. The molecule has 0 bridgehead atoms. The summed E-state index contributed by atoms with van der Waals surface area (Å²) in [7, 11) is 0. The SMILES string of the molecule is Cc1cccc(CC(=O)Nc2ccc3c(C)cc(=O)[nH]c3c2)c1. The summed E-state index contributed by atoms with van der Waals surface area (Å²) in [6.45, 7) is 3.90. The summed E-state index contributed by atoms with van der Waals surface area (Å²) >= 11 is 0.